The van der Waals surface area contributed by atoms with Gasteiger partial charge in [-0.15, -0.1) is 0 Å². The first-order valence-electron chi connectivity index (χ1n) is 12.0. The van der Waals surface area contributed by atoms with Crippen LogP contribution >= 0.6 is 11.6 Å². The van der Waals surface area contributed by atoms with E-state index in [1.165, 1.54) is 37.3 Å². The van der Waals surface area contributed by atoms with E-state index in [1.807, 2.05) is 6.92 Å². The summed E-state index contributed by atoms with van der Waals surface area (Å²) in [6.07, 6.45) is 0. The Morgan fingerprint density at radius 2 is 1.71 bits per heavy atom. The SMILES string of the molecule is CNC(=O)[C@@H](C)N(Cc1cccc(OC)c1)C(=O)CN(c1cc(Cl)ccc1C)S(=O)(=O)c1ccc(C)cc1. The summed E-state index contributed by atoms with van der Waals surface area (Å²) in [6, 6.07) is 17.5. The van der Waals surface area contributed by atoms with Crippen molar-refractivity contribution in [3.8, 4) is 5.75 Å². The molecule has 0 fully saturated rings. The maximum absolute atomic E-state index is 13.9. The van der Waals surface area contributed by atoms with Gasteiger partial charge >= 0.3 is 0 Å². The molecule has 3 aromatic carbocycles. The van der Waals surface area contributed by atoms with Crippen molar-refractivity contribution < 1.29 is 22.7 Å². The Morgan fingerprint density at radius 3 is 2.34 bits per heavy atom. The first-order chi connectivity index (χ1) is 18.0. The molecular weight excluding hydrogens is 526 g/mol. The van der Waals surface area contributed by atoms with Gasteiger partial charge in [0.1, 0.15) is 18.3 Å². The number of carbonyl (C=O) groups excluding carboxylic acids is 2. The van der Waals surface area contributed by atoms with E-state index in [1.54, 1.807) is 62.4 Å². The van der Waals surface area contributed by atoms with Gasteiger partial charge < -0.3 is 15.0 Å². The second-order valence-electron chi connectivity index (χ2n) is 8.92. The number of hydrogen-bond donors (Lipinski definition) is 1. The van der Waals surface area contributed by atoms with Gasteiger partial charge in [0.15, 0.2) is 0 Å². The third kappa shape index (κ3) is 6.65. The number of likely N-dealkylation sites (N-methyl/N-ethyl adjacent to an activating group) is 1. The fourth-order valence-electron chi connectivity index (χ4n) is 3.96. The number of nitrogens with one attached hydrogen (secondary N) is 1. The van der Waals surface area contributed by atoms with Gasteiger partial charge in [-0.1, -0.05) is 47.5 Å². The Bertz CT molecular complexity index is 1410. The van der Waals surface area contributed by atoms with E-state index in [0.29, 0.717) is 16.3 Å². The Balaban J connectivity index is 2.08. The van der Waals surface area contributed by atoms with Gasteiger partial charge in [-0.05, 0) is 68.3 Å². The highest BCUT2D eigenvalue weighted by Gasteiger charge is 2.33. The quantitative estimate of drug-likeness (QED) is 0.400. The molecule has 0 aliphatic carbocycles. The highest BCUT2D eigenvalue weighted by atomic mass is 35.5. The summed E-state index contributed by atoms with van der Waals surface area (Å²) in [5, 5.41) is 2.89. The summed E-state index contributed by atoms with van der Waals surface area (Å²) in [4.78, 5) is 27.8. The van der Waals surface area contributed by atoms with E-state index in [4.69, 9.17) is 16.3 Å². The number of benzene rings is 3. The molecule has 2 amide bonds. The van der Waals surface area contributed by atoms with Gasteiger partial charge in [0.25, 0.3) is 10.0 Å². The summed E-state index contributed by atoms with van der Waals surface area (Å²) in [5.41, 5.74) is 2.52. The van der Waals surface area contributed by atoms with Gasteiger partial charge in [-0.25, -0.2) is 8.42 Å². The molecule has 3 rings (SSSR count). The van der Waals surface area contributed by atoms with E-state index in [2.05, 4.69) is 5.32 Å². The van der Waals surface area contributed by atoms with Crippen molar-refractivity contribution in [1.29, 1.82) is 0 Å². The molecule has 0 bridgehead atoms. The Kier molecular flexibility index (Phi) is 9.40. The van der Waals surface area contributed by atoms with Gasteiger partial charge in [-0.3, -0.25) is 13.9 Å². The van der Waals surface area contributed by atoms with Crippen LogP contribution in [0, 0.1) is 13.8 Å². The van der Waals surface area contributed by atoms with Crippen LogP contribution in [0.25, 0.3) is 0 Å². The number of ether oxygens (including phenoxy) is 1. The molecule has 0 saturated heterocycles. The fraction of sp³-hybridized carbons (Fsp3) is 0.286. The molecule has 0 spiro atoms. The number of nitrogens with zero attached hydrogens (tertiary/aromatic N) is 2. The van der Waals surface area contributed by atoms with Crippen molar-refractivity contribution in [1.82, 2.24) is 10.2 Å². The minimum atomic E-state index is -4.17. The second kappa shape index (κ2) is 12.3. The Morgan fingerprint density at radius 1 is 1.03 bits per heavy atom. The third-order valence-corrected chi connectivity index (χ3v) is 8.24. The van der Waals surface area contributed by atoms with Gasteiger partial charge in [0, 0.05) is 18.6 Å². The van der Waals surface area contributed by atoms with Crippen LogP contribution in [-0.2, 0) is 26.2 Å². The average Bonchev–Trinajstić information content (AvgIpc) is 2.91. The first-order valence-corrected chi connectivity index (χ1v) is 13.8. The predicted octanol–water partition coefficient (Wildman–Crippen LogP) is 4.32. The molecular formula is C28H32ClN3O5S. The monoisotopic (exact) mass is 557 g/mol. The van der Waals surface area contributed by atoms with Crippen molar-refractivity contribution in [3.05, 3.63) is 88.4 Å². The lowest BCUT2D eigenvalue weighted by atomic mass is 10.1. The molecule has 38 heavy (non-hydrogen) atoms. The minimum absolute atomic E-state index is 0.0361. The molecule has 0 unspecified atom stereocenters. The molecule has 0 aliphatic rings. The van der Waals surface area contributed by atoms with Crippen molar-refractivity contribution >= 4 is 39.1 Å². The van der Waals surface area contributed by atoms with Crippen LogP contribution in [0.5, 0.6) is 5.75 Å². The first kappa shape index (κ1) is 29.0. The van der Waals surface area contributed by atoms with E-state index in [9.17, 15) is 18.0 Å². The zero-order valence-corrected chi connectivity index (χ0v) is 23.6. The Hall–Kier alpha value is -3.56. The van der Waals surface area contributed by atoms with Crippen molar-refractivity contribution in [3.63, 3.8) is 0 Å². The molecule has 0 saturated carbocycles. The molecule has 3 aromatic rings. The maximum atomic E-state index is 13.9. The molecule has 202 valence electrons. The van der Waals surface area contributed by atoms with Crippen molar-refractivity contribution in [2.45, 2.75) is 38.3 Å². The molecule has 1 atom stereocenters. The number of aryl methyl sites for hydroxylation is 2. The lowest BCUT2D eigenvalue weighted by Crippen LogP contribution is -2.50. The van der Waals surface area contributed by atoms with E-state index in [-0.39, 0.29) is 23.0 Å². The Labute approximate surface area is 229 Å². The summed E-state index contributed by atoms with van der Waals surface area (Å²) < 4.78 is 34.1. The van der Waals surface area contributed by atoms with E-state index < -0.39 is 28.5 Å². The van der Waals surface area contributed by atoms with Crippen LogP contribution < -0.4 is 14.4 Å². The zero-order chi connectivity index (χ0) is 28.0. The van der Waals surface area contributed by atoms with Crippen LogP contribution in [0.2, 0.25) is 5.02 Å². The lowest BCUT2D eigenvalue weighted by molar-refractivity contribution is -0.139. The fourth-order valence-corrected chi connectivity index (χ4v) is 5.60. The normalized spacial score (nSPS) is 11.9. The largest absolute Gasteiger partial charge is 0.497 e. The highest BCUT2D eigenvalue weighted by Crippen LogP contribution is 2.30. The van der Waals surface area contributed by atoms with Crippen LogP contribution in [0.3, 0.4) is 0 Å². The van der Waals surface area contributed by atoms with Crippen molar-refractivity contribution in [2.24, 2.45) is 0 Å². The van der Waals surface area contributed by atoms with Crippen LogP contribution in [0.1, 0.15) is 23.6 Å². The average molecular weight is 558 g/mol. The number of rotatable bonds is 10. The summed E-state index contributed by atoms with van der Waals surface area (Å²) >= 11 is 6.24. The number of methoxy groups -OCH3 is 1. The molecule has 10 heteroatoms. The van der Waals surface area contributed by atoms with Crippen molar-refractivity contribution in [2.75, 3.05) is 25.0 Å². The maximum Gasteiger partial charge on any atom is 0.264 e. The van der Waals surface area contributed by atoms with Crippen LogP contribution in [0.15, 0.2) is 71.6 Å². The molecule has 0 aromatic heterocycles. The second-order valence-corrected chi connectivity index (χ2v) is 11.2. The number of carbonyl (C=O) groups is 2. The smallest absolute Gasteiger partial charge is 0.264 e. The topological polar surface area (TPSA) is 96.0 Å². The standard InChI is InChI=1S/C28H32ClN3O5S/c1-19-9-13-25(14-10-19)38(35,36)32(26-16-23(29)12-11-20(26)2)18-27(33)31(21(3)28(34)30-4)17-22-7-6-8-24(15-22)37-5/h6-16,21H,17-18H2,1-5H3,(H,30,34)/t21-/m1/s1. The zero-order valence-electron chi connectivity index (χ0n) is 22.1. The van der Waals surface area contributed by atoms with E-state index >= 15 is 0 Å². The predicted molar refractivity (Wildman–Crippen MR) is 149 cm³/mol. The number of halogens is 1. The van der Waals surface area contributed by atoms with Gasteiger partial charge in [0.05, 0.1) is 17.7 Å². The number of amides is 2. The molecule has 0 radical (unpaired) electrons. The number of hydrogen-bond acceptors (Lipinski definition) is 5. The molecule has 1 N–H and O–H groups in total. The summed E-state index contributed by atoms with van der Waals surface area (Å²) in [7, 11) is -1.15. The minimum Gasteiger partial charge on any atom is -0.497 e. The van der Waals surface area contributed by atoms with Gasteiger partial charge in [0.2, 0.25) is 11.8 Å². The molecule has 8 nitrogen and oxygen atoms in total. The third-order valence-electron chi connectivity index (χ3n) is 6.23. The molecule has 0 aliphatic heterocycles. The van der Waals surface area contributed by atoms with Crippen LogP contribution in [-0.4, -0.2) is 51.9 Å². The van der Waals surface area contributed by atoms with E-state index in [0.717, 1.165) is 15.4 Å². The summed E-state index contributed by atoms with van der Waals surface area (Å²) in [6.45, 7) is 4.73. The number of anilines is 1. The highest BCUT2D eigenvalue weighted by molar-refractivity contribution is 7.92. The lowest BCUT2D eigenvalue weighted by Gasteiger charge is -2.32. The summed E-state index contributed by atoms with van der Waals surface area (Å²) in [5.74, 6) is -0.340. The molecule has 0 heterocycles. The van der Waals surface area contributed by atoms with Gasteiger partial charge in [-0.2, -0.15) is 0 Å². The van der Waals surface area contributed by atoms with Crippen LogP contribution in [0.4, 0.5) is 5.69 Å². The number of sulfonamides is 1.